The van der Waals surface area contributed by atoms with E-state index in [2.05, 4.69) is 4.98 Å². The monoisotopic (exact) mass is 276 g/mol. The maximum atomic E-state index is 6.22. The number of nitrogen functional groups attached to an aromatic ring is 1. The minimum atomic E-state index is 0.695. The molecule has 3 aromatic rings. The summed E-state index contributed by atoms with van der Waals surface area (Å²) in [6.07, 6.45) is 3.09. The Morgan fingerprint density at radius 3 is 2.78 bits per heavy atom. The minimum Gasteiger partial charge on any atom is -0.444 e. The number of hydrogen-bond acceptors (Lipinski definition) is 4. The van der Waals surface area contributed by atoms with E-state index >= 15 is 0 Å². The van der Waals surface area contributed by atoms with Crippen LogP contribution in [0.3, 0.4) is 0 Å². The van der Waals surface area contributed by atoms with Gasteiger partial charge < -0.3 is 10.2 Å². The fourth-order valence-electron chi connectivity index (χ4n) is 1.72. The number of thiophene rings is 1. The van der Waals surface area contributed by atoms with E-state index < -0.39 is 0 Å². The molecule has 18 heavy (non-hydrogen) atoms. The Kier molecular flexibility index (Phi) is 2.81. The van der Waals surface area contributed by atoms with Crippen LogP contribution in [-0.2, 0) is 0 Å². The van der Waals surface area contributed by atoms with E-state index in [-0.39, 0.29) is 0 Å². The number of nitrogens with two attached hydrogens (primary N) is 1. The first-order chi connectivity index (χ1) is 8.74. The van der Waals surface area contributed by atoms with E-state index in [0.29, 0.717) is 5.02 Å². The zero-order valence-electron chi connectivity index (χ0n) is 9.26. The molecule has 2 aromatic heterocycles. The summed E-state index contributed by atoms with van der Waals surface area (Å²) in [5, 5.41) is 1.46. The van der Waals surface area contributed by atoms with Crippen molar-refractivity contribution in [2.24, 2.45) is 0 Å². The molecule has 2 N–H and O–H groups in total. The maximum Gasteiger partial charge on any atom is 0.181 e. The second-order valence-corrected chi connectivity index (χ2v) is 5.28. The van der Waals surface area contributed by atoms with Crippen molar-refractivity contribution in [1.82, 2.24) is 4.98 Å². The lowest BCUT2D eigenvalue weighted by molar-refractivity contribution is 0.572. The third kappa shape index (κ3) is 2.00. The summed E-state index contributed by atoms with van der Waals surface area (Å²) in [4.78, 5) is 4.95. The minimum absolute atomic E-state index is 0.695. The normalized spacial score (nSPS) is 10.7. The lowest BCUT2D eigenvalue weighted by atomic mass is 10.1. The van der Waals surface area contributed by atoms with Crippen molar-refractivity contribution in [2.45, 2.75) is 0 Å². The molecule has 0 aliphatic rings. The van der Waals surface area contributed by atoms with Gasteiger partial charge in [0.05, 0.1) is 11.2 Å². The molecule has 5 heteroatoms. The van der Waals surface area contributed by atoms with Crippen molar-refractivity contribution >= 4 is 27.9 Å². The third-order valence-electron chi connectivity index (χ3n) is 2.58. The van der Waals surface area contributed by atoms with Gasteiger partial charge in [-0.25, -0.2) is 4.98 Å². The lowest BCUT2D eigenvalue weighted by Crippen LogP contribution is -1.79. The van der Waals surface area contributed by atoms with Gasteiger partial charge in [0.2, 0.25) is 0 Å². The second-order valence-electron chi connectivity index (χ2n) is 3.76. The fraction of sp³-hybridized carbons (Fsp3) is 0. The summed E-state index contributed by atoms with van der Waals surface area (Å²) in [6.45, 7) is 0. The van der Waals surface area contributed by atoms with Crippen LogP contribution in [0, 0.1) is 0 Å². The molecule has 0 aliphatic heterocycles. The van der Waals surface area contributed by atoms with E-state index in [4.69, 9.17) is 21.8 Å². The molecule has 90 valence electrons. The number of nitrogens with zero attached hydrogens (tertiary/aromatic N) is 1. The molecule has 0 saturated carbocycles. The van der Waals surface area contributed by atoms with Crippen molar-refractivity contribution in [2.75, 3.05) is 5.73 Å². The molecule has 0 amide bonds. The van der Waals surface area contributed by atoms with Crippen LogP contribution in [0.15, 0.2) is 47.3 Å². The molecule has 3 rings (SSSR count). The summed E-state index contributed by atoms with van der Waals surface area (Å²) in [5.74, 6) is 0.720. The molecular formula is C13H9ClN2OS. The van der Waals surface area contributed by atoms with E-state index in [9.17, 15) is 0 Å². The average molecular weight is 277 g/mol. The summed E-state index contributed by atoms with van der Waals surface area (Å²) in [7, 11) is 0. The van der Waals surface area contributed by atoms with Crippen LogP contribution < -0.4 is 5.73 Å². The predicted molar refractivity (Wildman–Crippen MR) is 74.7 cm³/mol. The second kappa shape index (κ2) is 4.48. The molecule has 0 radical (unpaired) electrons. The predicted octanol–water partition coefficient (Wildman–Crippen LogP) is 4.31. The van der Waals surface area contributed by atoms with E-state index in [0.717, 1.165) is 26.8 Å². The van der Waals surface area contributed by atoms with Crippen LogP contribution in [0.1, 0.15) is 0 Å². The van der Waals surface area contributed by atoms with E-state index in [1.807, 2.05) is 30.3 Å². The molecule has 0 spiro atoms. The number of aromatic nitrogens is 1. The number of hydrogen-bond donors (Lipinski definition) is 1. The summed E-state index contributed by atoms with van der Waals surface area (Å²) in [6, 6.07) is 9.57. The highest BCUT2D eigenvalue weighted by Gasteiger charge is 2.09. The topological polar surface area (TPSA) is 52.0 Å². The first kappa shape index (κ1) is 11.3. The first-order valence-electron chi connectivity index (χ1n) is 5.28. The Labute approximate surface area is 113 Å². The van der Waals surface area contributed by atoms with Crippen molar-refractivity contribution in [1.29, 1.82) is 0 Å². The fourth-order valence-corrected chi connectivity index (χ4v) is 2.80. The van der Waals surface area contributed by atoms with E-state index in [1.54, 1.807) is 6.20 Å². The van der Waals surface area contributed by atoms with Crippen molar-refractivity contribution < 1.29 is 4.42 Å². The van der Waals surface area contributed by atoms with Crippen molar-refractivity contribution in [3.05, 3.63) is 47.9 Å². The molecule has 0 unspecified atom stereocenters. The molecule has 0 saturated heterocycles. The number of benzene rings is 1. The van der Waals surface area contributed by atoms with Gasteiger partial charge in [-0.2, -0.15) is 0 Å². The average Bonchev–Trinajstić information content (AvgIpc) is 3.01. The standard InChI is InChI=1S/C13H9ClN2OS/c14-10-2-1-8(11-6-16-7-17-11)5-9(10)12-3-4-13(15)18-12/h1-7H,15H2. The zero-order valence-corrected chi connectivity index (χ0v) is 10.8. The molecule has 0 atom stereocenters. The van der Waals surface area contributed by atoms with Gasteiger partial charge in [0.25, 0.3) is 0 Å². The van der Waals surface area contributed by atoms with Crippen LogP contribution in [0.5, 0.6) is 0 Å². The Morgan fingerprint density at radius 1 is 1.22 bits per heavy atom. The van der Waals surface area contributed by atoms with Gasteiger partial charge in [-0.3, -0.25) is 0 Å². The van der Waals surface area contributed by atoms with Gasteiger partial charge in [-0.05, 0) is 30.3 Å². The molecule has 0 fully saturated rings. The number of anilines is 1. The van der Waals surface area contributed by atoms with Crippen LogP contribution in [-0.4, -0.2) is 4.98 Å². The van der Waals surface area contributed by atoms with E-state index in [1.165, 1.54) is 17.7 Å². The quantitative estimate of drug-likeness (QED) is 0.759. The maximum absolute atomic E-state index is 6.22. The van der Waals surface area contributed by atoms with Crippen molar-refractivity contribution in [3.8, 4) is 21.8 Å². The third-order valence-corrected chi connectivity index (χ3v) is 3.85. The van der Waals surface area contributed by atoms with Gasteiger partial charge >= 0.3 is 0 Å². The molecule has 0 bridgehead atoms. The van der Waals surface area contributed by atoms with Crippen LogP contribution in [0.2, 0.25) is 5.02 Å². The van der Waals surface area contributed by atoms with Crippen LogP contribution in [0.25, 0.3) is 21.8 Å². The highest BCUT2D eigenvalue weighted by Crippen LogP contribution is 2.36. The molecule has 3 nitrogen and oxygen atoms in total. The molecule has 2 heterocycles. The van der Waals surface area contributed by atoms with Crippen molar-refractivity contribution in [3.63, 3.8) is 0 Å². The van der Waals surface area contributed by atoms with Gasteiger partial charge in [-0.15, -0.1) is 11.3 Å². The molecule has 0 aliphatic carbocycles. The Hall–Kier alpha value is -1.78. The Bertz CT molecular complexity index is 676. The lowest BCUT2D eigenvalue weighted by Gasteiger charge is -2.04. The van der Waals surface area contributed by atoms with Gasteiger partial charge in [0.15, 0.2) is 12.2 Å². The Balaban J connectivity index is 2.12. The summed E-state index contributed by atoms with van der Waals surface area (Å²) < 4.78 is 5.28. The molecule has 1 aromatic carbocycles. The highest BCUT2D eigenvalue weighted by molar-refractivity contribution is 7.19. The molecular weight excluding hydrogens is 268 g/mol. The zero-order chi connectivity index (χ0) is 12.5. The highest BCUT2D eigenvalue weighted by atomic mass is 35.5. The number of rotatable bonds is 2. The Morgan fingerprint density at radius 2 is 2.11 bits per heavy atom. The summed E-state index contributed by atoms with van der Waals surface area (Å²) >= 11 is 7.73. The SMILES string of the molecule is Nc1ccc(-c2cc(-c3cnco3)ccc2Cl)s1. The smallest absolute Gasteiger partial charge is 0.181 e. The van der Waals surface area contributed by atoms with Crippen LogP contribution >= 0.6 is 22.9 Å². The largest absolute Gasteiger partial charge is 0.444 e. The first-order valence-corrected chi connectivity index (χ1v) is 6.47. The van der Waals surface area contributed by atoms with Gasteiger partial charge in [0.1, 0.15) is 0 Å². The van der Waals surface area contributed by atoms with Gasteiger partial charge in [0, 0.05) is 21.0 Å². The summed E-state index contributed by atoms with van der Waals surface area (Å²) in [5.41, 5.74) is 7.64. The number of halogens is 1. The number of oxazole rings is 1. The van der Waals surface area contributed by atoms with Gasteiger partial charge in [-0.1, -0.05) is 11.6 Å². The van der Waals surface area contributed by atoms with Crippen LogP contribution in [0.4, 0.5) is 5.00 Å².